The number of aromatic nitrogens is 3. The Labute approximate surface area is 123 Å². The maximum atomic E-state index is 12.9. The molecule has 0 spiro atoms. The summed E-state index contributed by atoms with van der Waals surface area (Å²) in [5, 5.41) is 0. The van der Waals surface area contributed by atoms with Gasteiger partial charge in [0, 0.05) is 38.2 Å². The molecule has 3 rings (SSSR count). The van der Waals surface area contributed by atoms with Gasteiger partial charge in [0.2, 0.25) is 0 Å². The predicted octanol–water partition coefficient (Wildman–Crippen LogP) is 1.19. The molecule has 0 radical (unpaired) electrons. The van der Waals surface area contributed by atoms with Gasteiger partial charge < -0.3 is 9.80 Å². The fourth-order valence-corrected chi connectivity index (χ4v) is 2.97. The fraction of sp³-hybridized carbons (Fsp3) is 0.467. The minimum absolute atomic E-state index is 0.000926. The molecule has 1 aliphatic heterocycles. The molecule has 110 valence electrons. The number of rotatable bonds is 1. The van der Waals surface area contributed by atoms with Crippen LogP contribution in [0.4, 0.5) is 0 Å². The Bertz CT molecular complexity index is 679. The van der Waals surface area contributed by atoms with Crippen LogP contribution in [-0.2, 0) is 0 Å². The summed E-state index contributed by atoms with van der Waals surface area (Å²) in [7, 11) is 2.08. The van der Waals surface area contributed by atoms with Crippen molar-refractivity contribution in [2.45, 2.75) is 19.4 Å². The molecular formula is C15H19N5O. The first kappa shape index (κ1) is 13.9. The first-order chi connectivity index (χ1) is 9.99. The van der Waals surface area contributed by atoms with Gasteiger partial charge in [0.15, 0.2) is 5.65 Å². The summed E-state index contributed by atoms with van der Waals surface area (Å²) in [6.45, 7) is 6.63. The second kappa shape index (κ2) is 5.04. The van der Waals surface area contributed by atoms with Crippen LogP contribution in [0.2, 0.25) is 0 Å². The van der Waals surface area contributed by atoms with Crippen molar-refractivity contribution in [3.05, 3.63) is 30.2 Å². The normalized spacial score (nSPS) is 18.9. The van der Waals surface area contributed by atoms with E-state index in [1.54, 1.807) is 24.7 Å². The highest BCUT2D eigenvalue weighted by atomic mass is 16.2. The monoisotopic (exact) mass is 285 g/mol. The van der Waals surface area contributed by atoms with Crippen LogP contribution in [0.5, 0.6) is 0 Å². The van der Waals surface area contributed by atoms with E-state index >= 15 is 0 Å². The van der Waals surface area contributed by atoms with Crippen molar-refractivity contribution in [3.8, 4) is 0 Å². The van der Waals surface area contributed by atoms with E-state index in [4.69, 9.17) is 0 Å². The SMILES string of the molecule is CN1CCN(C(=O)c2ccnc3nccnc23)C(C)(C)C1. The highest BCUT2D eigenvalue weighted by Crippen LogP contribution is 2.24. The Hall–Kier alpha value is -2.08. The van der Waals surface area contributed by atoms with Crippen molar-refractivity contribution in [1.82, 2.24) is 24.8 Å². The number of hydrogen-bond donors (Lipinski definition) is 0. The van der Waals surface area contributed by atoms with Gasteiger partial charge in [-0.25, -0.2) is 9.97 Å². The molecular weight excluding hydrogens is 266 g/mol. The molecule has 1 aliphatic rings. The van der Waals surface area contributed by atoms with Crippen LogP contribution >= 0.6 is 0 Å². The zero-order chi connectivity index (χ0) is 15.0. The predicted molar refractivity (Wildman–Crippen MR) is 79.9 cm³/mol. The lowest BCUT2D eigenvalue weighted by atomic mass is 9.97. The largest absolute Gasteiger partial charge is 0.331 e. The molecule has 0 aromatic carbocycles. The van der Waals surface area contributed by atoms with Crippen molar-refractivity contribution >= 4 is 17.1 Å². The second-order valence-electron chi connectivity index (χ2n) is 6.09. The zero-order valence-corrected chi connectivity index (χ0v) is 12.6. The first-order valence-electron chi connectivity index (χ1n) is 7.05. The summed E-state index contributed by atoms with van der Waals surface area (Å²) >= 11 is 0. The van der Waals surface area contributed by atoms with Crippen LogP contribution in [0.25, 0.3) is 11.2 Å². The van der Waals surface area contributed by atoms with E-state index in [1.165, 1.54) is 0 Å². The Kier molecular flexibility index (Phi) is 3.33. The fourth-order valence-electron chi connectivity index (χ4n) is 2.97. The Morgan fingerprint density at radius 2 is 1.86 bits per heavy atom. The van der Waals surface area contributed by atoms with E-state index < -0.39 is 0 Å². The smallest absolute Gasteiger partial charge is 0.256 e. The average Bonchev–Trinajstić information content (AvgIpc) is 2.45. The molecule has 0 atom stereocenters. The third kappa shape index (κ3) is 2.47. The van der Waals surface area contributed by atoms with Gasteiger partial charge in [0.1, 0.15) is 5.52 Å². The molecule has 21 heavy (non-hydrogen) atoms. The molecule has 0 unspecified atom stereocenters. The Balaban J connectivity index is 2.01. The number of fused-ring (bicyclic) bond motifs is 1. The van der Waals surface area contributed by atoms with E-state index in [9.17, 15) is 4.79 Å². The van der Waals surface area contributed by atoms with Gasteiger partial charge in [-0.1, -0.05) is 0 Å². The summed E-state index contributed by atoms with van der Waals surface area (Å²) < 4.78 is 0. The third-order valence-electron chi connectivity index (χ3n) is 3.94. The number of carbonyl (C=O) groups excluding carboxylic acids is 1. The second-order valence-corrected chi connectivity index (χ2v) is 6.09. The van der Waals surface area contributed by atoms with E-state index in [0.717, 1.165) is 13.1 Å². The summed E-state index contributed by atoms with van der Waals surface area (Å²) in [6.07, 6.45) is 4.80. The summed E-state index contributed by atoms with van der Waals surface area (Å²) in [5.41, 5.74) is 1.45. The zero-order valence-electron chi connectivity index (χ0n) is 12.6. The van der Waals surface area contributed by atoms with E-state index in [2.05, 4.69) is 40.7 Å². The summed E-state index contributed by atoms with van der Waals surface area (Å²) in [5.74, 6) is 0.000926. The summed E-state index contributed by atoms with van der Waals surface area (Å²) in [6, 6.07) is 1.73. The topological polar surface area (TPSA) is 62.2 Å². The van der Waals surface area contributed by atoms with Crippen LogP contribution in [0.1, 0.15) is 24.2 Å². The minimum Gasteiger partial charge on any atom is -0.331 e. The minimum atomic E-state index is -0.206. The molecule has 2 aromatic heterocycles. The molecule has 0 bridgehead atoms. The van der Waals surface area contributed by atoms with E-state index in [0.29, 0.717) is 23.3 Å². The highest BCUT2D eigenvalue weighted by Gasteiger charge is 2.36. The standard InChI is InChI=1S/C15H19N5O/c1-15(2)10-19(3)8-9-20(15)14(21)11-4-5-17-13-12(11)16-6-7-18-13/h4-7H,8-10H2,1-3H3. The molecule has 3 heterocycles. The quantitative estimate of drug-likeness (QED) is 0.787. The van der Waals surface area contributed by atoms with Crippen LogP contribution in [0.3, 0.4) is 0 Å². The van der Waals surface area contributed by atoms with Gasteiger partial charge >= 0.3 is 0 Å². The highest BCUT2D eigenvalue weighted by molar-refractivity contribution is 6.04. The Morgan fingerprint density at radius 3 is 2.62 bits per heavy atom. The van der Waals surface area contributed by atoms with Crippen molar-refractivity contribution in [1.29, 1.82) is 0 Å². The molecule has 0 N–H and O–H groups in total. The number of nitrogens with zero attached hydrogens (tertiary/aromatic N) is 5. The van der Waals surface area contributed by atoms with E-state index in [-0.39, 0.29) is 11.4 Å². The lowest BCUT2D eigenvalue weighted by Gasteiger charge is -2.46. The number of amides is 1. The number of piperazine rings is 1. The van der Waals surface area contributed by atoms with Crippen LogP contribution in [0, 0.1) is 0 Å². The van der Waals surface area contributed by atoms with Gasteiger partial charge in [-0.15, -0.1) is 0 Å². The van der Waals surface area contributed by atoms with Gasteiger partial charge in [0.25, 0.3) is 5.91 Å². The maximum absolute atomic E-state index is 12.9. The van der Waals surface area contributed by atoms with Crippen LogP contribution < -0.4 is 0 Å². The molecule has 1 amide bonds. The van der Waals surface area contributed by atoms with Gasteiger partial charge in [-0.05, 0) is 27.0 Å². The molecule has 0 saturated carbocycles. The molecule has 0 aliphatic carbocycles. The molecule has 6 heteroatoms. The number of carbonyl (C=O) groups is 1. The molecule has 2 aromatic rings. The van der Waals surface area contributed by atoms with Crippen molar-refractivity contribution in [3.63, 3.8) is 0 Å². The van der Waals surface area contributed by atoms with Crippen molar-refractivity contribution < 1.29 is 4.79 Å². The van der Waals surface area contributed by atoms with Gasteiger partial charge in [0.05, 0.1) is 11.1 Å². The lowest BCUT2D eigenvalue weighted by Crippen LogP contribution is -2.60. The van der Waals surface area contributed by atoms with Crippen molar-refractivity contribution in [2.75, 3.05) is 26.7 Å². The van der Waals surface area contributed by atoms with Gasteiger partial charge in [-0.3, -0.25) is 9.78 Å². The van der Waals surface area contributed by atoms with E-state index in [1.807, 2.05) is 4.90 Å². The third-order valence-corrected chi connectivity index (χ3v) is 3.94. The number of likely N-dealkylation sites (N-methyl/N-ethyl adjacent to an activating group) is 1. The van der Waals surface area contributed by atoms with Gasteiger partial charge in [-0.2, -0.15) is 0 Å². The average molecular weight is 285 g/mol. The number of pyridine rings is 1. The molecule has 1 fully saturated rings. The molecule has 6 nitrogen and oxygen atoms in total. The summed E-state index contributed by atoms with van der Waals surface area (Å²) in [4.78, 5) is 29.7. The number of hydrogen-bond acceptors (Lipinski definition) is 5. The first-order valence-corrected chi connectivity index (χ1v) is 7.05. The maximum Gasteiger partial charge on any atom is 0.256 e. The Morgan fingerprint density at radius 1 is 1.14 bits per heavy atom. The van der Waals surface area contributed by atoms with Crippen LogP contribution in [-0.4, -0.2) is 62.9 Å². The molecule has 1 saturated heterocycles. The lowest BCUT2D eigenvalue weighted by molar-refractivity contribution is 0.0250. The van der Waals surface area contributed by atoms with Crippen molar-refractivity contribution in [2.24, 2.45) is 0 Å². The van der Waals surface area contributed by atoms with Crippen LogP contribution in [0.15, 0.2) is 24.7 Å².